The number of aryl methyl sites for hydroxylation is 3. The zero-order valence-electron chi connectivity index (χ0n) is 14.7. The average molecular weight is 346 g/mol. The normalized spacial score (nSPS) is 15.6. The molecule has 1 aromatic carbocycles. The Balaban J connectivity index is 1.87. The van der Waals surface area contributed by atoms with Crippen molar-refractivity contribution in [3.63, 3.8) is 0 Å². The Morgan fingerprint density at radius 1 is 1.00 bits per heavy atom. The van der Waals surface area contributed by atoms with Crippen molar-refractivity contribution in [2.45, 2.75) is 20.8 Å². The smallest absolute Gasteiger partial charge is 0.229 e. The number of hydrogen-bond donors (Lipinski definition) is 1. The molecule has 0 amide bonds. The molecular weight excluding hydrogens is 322 g/mol. The number of nitrogens with zero attached hydrogens (tertiary/aromatic N) is 4. The van der Waals surface area contributed by atoms with Crippen LogP contribution < -0.4 is 10.2 Å². The highest BCUT2D eigenvalue weighted by molar-refractivity contribution is 6.33. The predicted molar refractivity (Wildman–Crippen MR) is 101 cm³/mol. The van der Waals surface area contributed by atoms with Gasteiger partial charge in [0.25, 0.3) is 0 Å². The van der Waals surface area contributed by atoms with E-state index in [9.17, 15) is 0 Å². The number of piperazine rings is 1. The maximum atomic E-state index is 6.40. The summed E-state index contributed by atoms with van der Waals surface area (Å²) in [6, 6.07) is 6.10. The molecule has 0 spiro atoms. The van der Waals surface area contributed by atoms with Crippen LogP contribution in [0, 0.1) is 20.8 Å². The fourth-order valence-electron chi connectivity index (χ4n) is 2.99. The lowest BCUT2D eigenvalue weighted by Crippen LogP contribution is -2.44. The van der Waals surface area contributed by atoms with E-state index in [1.54, 1.807) is 0 Å². The van der Waals surface area contributed by atoms with Crippen LogP contribution in [0.1, 0.15) is 16.8 Å². The molecule has 6 heteroatoms. The van der Waals surface area contributed by atoms with Crippen LogP contribution in [0.5, 0.6) is 0 Å². The summed E-state index contributed by atoms with van der Waals surface area (Å²) in [5, 5.41) is 4.00. The fraction of sp³-hybridized carbons (Fsp3) is 0.444. The average Bonchev–Trinajstić information content (AvgIpc) is 2.51. The molecule has 0 aliphatic carbocycles. The Bertz CT molecular complexity index is 715. The fourth-order valence-corrected chi connectivity index (χ4v) is 3.36. The summed E-state index contributed by atoms with van der Waals surface area (Å²) in [5.74, 6) is 1.57. The van der Waals surface area contributed by atoms with Gasteiger partial charge in [-0.05, 0) is 45.0 Å². The van der Waals surface area contributed by atoms with Gasteiger partial charge >= 0.3 is 0 Å². The molecule has 0 unspecified atom stereocenters. The van der Waals surface area contributed by atoms with E-state index in [0.29, 0.717) is 11.0 Å². The molecule has 1 aliphatic rings. The molecule has 1 aromatic heterocycles. The van der Waals surface area contributed by atoms with Crippen molar-refractivity contribution < 1.29 is 0 Å². The van der Waals surface area contributed by atoms with Gasteiger partial charge in [0.05, 0.1) is 10.7 Å². The molecule has 0 bridgehead atoms. The monoisotopic (exact) mass is 345 g/mol. The molecule has 0 saturated carbocycles. The van der Waals surface area contributed by atoms with E-state index in [0.717, 1.165) is 54.5 Å². The Labute approximate surface area is 148 Å². The lowest BCUT2D eigenvalue weighted by Gasteiger charge is -2.33. The van der Waals surface area contributed by atoms with E-state index in [1.165, 1.54) is 0 Å². The molecular formula is C18H24ClN5. The maximum absolute atomic E-state index is 6.40. The van der Waals surface area contributed by atoms with Crippen LogP contribution in [0.15, 0.2) is 18.2 Å². The van der Waals surface area contributed by atoms with Gasteiger partial charge in [0.2, 0.25) is 5.95 Å². The molecule has 1 saturated heterocycles. The van der Waals surface area contributed by atoms with Gasteiger partial charge in [0.15, 0.2) is 0 Å². The van der Waals surface area contributed by atoms with E-state index in [2.05, 4.69) is 33.2 Å². The summed E-state index contributed by atoms with van der Waals surface area (Å²) in [5.41, 5.74) is 4.05. The van der Waals surface area contributed by atoms with E-state index in [4.69, 9.17) is 16.6 Å². The van der Waals surface area contributed by atoms with Crippen molar-refractivity contribution in [3.05, 3.63) is 40.0 Å². The predicted octanol–water partition coefficient (Wildman–Crippen LogP) is 3.55. The Kier molecular flexibility index (Phi) is 4.92. The van der Waals surface area contributed by atoms with Gasteiger partial charge in [-0.3, -0.25) is 0 Å². The maximum Gasteiger partial charge on any atom is 0.229 e. The van der Waals surface area contributed by atoms with Gasteiger partial charge in [-0.2, -0.15) is 4.98 Å². The SMILES string of the molecule is Cc1cc(C)c(Nc2nc(C)cc(N3CCN(C)CC3)n2)c(Cl)c1. The van der Waals surface area contributed by atoms with Gasteiger partial charge in [-0.15, -0.1) is 0 Å². The summed E-state index contributed by atoms with van der Waals surface area (Å²) in [4.78, 5) is 13.9. The van der Waals surface area contributed by atoms with E-state index >= 15 is 0 Å². The second-order valence-corrected chi connectivity index (χ2v) is 6.95. The Hall–Kier alpha value is -1.85. The van der Waals surface area contributed by atoms with Gasteiger partial charge in [0.1, 0.15) is 5.82 Å². The van der Waals surface area contributed by atoms with Crippen LogP contribution in [-0.2, 0) is 0 Å². The third kappa shape index (κ3) is 3.79. The first kappa shape index (κ1) is 17.0. The Morgan fingerprint density at radius 2 is 1.71 bits per heavy atom. The van der Waals surface area contributed by atoms with Crippen LogP contribution in [0.2, 0.25) is 5.02 Å². The number of benzene rings is 1. The second kappa shape index (κ2) is 6.95. The molecule has 1 N–H and O–H groups in total. The van der Waals surface area contributed by atoms with E-state index < -0.39 is 0 Å². The van der Waals surface area contributed by atoms with Gasteiger partial charge < -0.3 is 15.1 Å². The van der Waals surface area contributed by atoms with Crippen LogP contribution >= 0.6 is 11.6 Å². The number of halogens is 1. The zero-order valence-corrected chi connectivity index (χ0v) is 15.5. The van der Waals surface area contributed by atoms with Crippen molar-refractivity contribution in [2.75, 3.05) is 43.4 Å². The van der Waals surface area contributed by atoms with Crippen molar-refractivity contribution in [1.29, 1.82) is 0 Å². The van der Waals surface area contributed by atoms with Gasteiger partial charge in [0, 0.05) is 37.9 Å². The van der Waals surface area contributed by atoms with Crippen molar-refractivity contribution in [2.24, 2.45) is 0 Å². The lowest BCUT2D eigenvalue weighted by molar-refractivity contribution is 0.312. The van der Waals surface area contributed by atoms with Crippen LogP contribution in [0.3, 0.4) is 0 Å². The summed E-state index contributed by atoms with van der Waals surface area (Å²) in [7, 11) is 2.15. The molecule has 3 rings (SSSR count). The first-order valence-electron chi connectivity index (χ1n) is 8.25. The standard InChI is InChI=1S/C18H24ClN5/c1-12-9-13(2)17(15(19)10-12)22-18-20-14(3)11-16(21-18)24-7-5-23(4)6-8-24/h9-11H,5-8H2,1-4H3,(H,20,21,22). The number of likely N-dealkylation sites (N-methyl/N-ethyl adjacent to an activating group) is 1. The van der Waals surface area contributed by atoms with Gasteiger partial charge in [-0.25, -0.2) is 4.98 Å². The number of anilines is 3. The minimum atomic E-state index is 0.595. The molecule has 5 nitrogen and oxygen atoms in total. The van der Waals surface area contributed by atoms with Crippen molar-refractivity contribution >= 4 is 29.1 Å². The topological polar surface area (TPSA) is 44.3 Å². The quantitative estimate of drug-likeness (QED) is 0.921. The number of nitrogens with one attached hydrogen (secondary N) is 1. The minimum absolute atomic E-state index is 0.595. The van der Waals surface area contributed by atoms with Gasteiger partial charge in [-0.1, -0.05) is 17.7 Å². The molecule has 2 heterocycles. The minimum Gasteiger partial charge on any atom is -0.354 e. The highest BCUT2D eigenvalue weighted by atomic mass is 35.5. The van der Waals surface area contributed by atoms with E-state index in [1.807, 2.05) is 32.9 Å². The third-order valence-corrected chi connectivity index (χ3v) is 4.63. The van der Waals surface area contributed by atoms with E-state index in [-0.39, 0.29) is 0 Å². The summed E-state index contributed by atoms with van der Waals surface area (Å²) in [6.07, 6.45) is 0. The summed E-state index contributed by atoms with van der Waals surface area (Å²) < 4.78 is 0. The first-order chi connectivity index (χ1) is 11.4. The molecule has 0 atom stereocenters. The molecule has 1 aliphatic heterocycles. The Morgan fingerprint density at radius 3 is 2.38 bits per heavy atom. The molecule has 128 valence electrons. The lowest BCUT2D eigenvalue weighted by atomic mass is 10.1. The van der Waals surface area contributed by atoms with Crippen LogP contribution in [0.4, 0.5) is 17.5 Å². The largest absolute Gasteiger partial charge is 0.354 e. The highest BCUT2D eigenvalue weighted by Crippen LogP contribution is 2.30. The number of rotatable bonds is 3. The summed E-state index contributed by atoms with van der Waals surface area (Å²) >= 11 is 6.40. The molecule has 0 radical (unpaired) electrons. The highest BCUT2D eigenvalue weighted by Gasteiger charge is 2.17. The molecule has 2 aromatic rings. The van der Waals surface area contributed by atoms with Crippen molar-refractivity contribution in [1.82, 2.24) is 14.9 Å². The third-order valence-electron chi connectivity index (χ3n) is 4.34. The van der Waals surface area contributed by atoms with Crippen LogP contribution in [0.25, 0.3) is 0 Å². The number of hydrogen-bond acceptors (Lipinski definition) is 5. The second-order valence-electron chi connectivity index (χ2n) is 6.55. The molecule has 1 fully saturated rings. The first-order valence-corrected chi connectivity index (χ1v) is 8.63. The van der Waals surface area contributed by atoms with Crippen molar-refractivity contribution in [3.8, 4) is 0 Å². The number of aromatic nitrogens is 2. The summed E-state index contributed by atoms with van der Waals surface area (Å²) in [6.45, 7) is 10.1. The molecule has 24 heavy (non-hydrogen) atoms. The van der Waals surface area contributed by atoms with Crippen LogP contribution in [-0.4, -0.2) is 48.1 Å². The zero-order chi connectivity index (χ0) is 17.3.